The first-order valence-corrected chi connectivity index (χ1v) is 7.95. The molecule has 0 aliphatic carbocycles. The highest BCUT2D eigenvalue weighted by atomic mass is 16.5. The first-order chi connectivity index (χ1) is 10.3. The van der Waals surface area contributed by atoms with Crippen LogP contribution in [0.5, 0.6) is 5.75 Å². The number of hydrogen-bond donors (Lipinski definition) is 1. The molecule has 2 aliphatic rings. The molecule has 1 atom stereocenters. The molecule has 1 aromatic rings. The maximum Gasteiger partial charge on any atom is 0.226 e. The van der Waals surface area contributed by atoms with Crippen molar-refractivity contribution >= 4 is 5.91 Å². The first kappa shape index (κ1) is 14.4. The second-order valence-electron chi connectivity index (χ2n) is 5.96. The fourth-order valence-electron chi connectivity index (χ4n) is 3.60. The van der Waals surface area contributed by atoms with Gasteiger partial charge in [-0.3, -0.25) is 4.79 Å². The van der Waals surface area contributed by atoms with Gasteiger partial charge in [-0.2, -0.15) is 0 Å². The van der Waals surface area contributed by atoms with Crippen molar-refractivity contribution in [1.82, 2.24) is 10.2 Å². The van der Waals surface area contributed by atoms with Gasteiger partial charge in [0.1, 0.15) is 5.75 Å². The van der Waals surface area contributed by atoms with Crippen molar-refractivity contribution in [1.29, 1.82) is 0 Å². The van der Waals surface area contributed by atoms with Crippen LogP contribution in [0, 0.1) is 5.92 Å². The number of carbonyl (C=O) groups excluding carboxylic acids is 1. The number of para-hydroxylation sites is 1. The molecule has 1 aromatic carbocycles. The average molecular weight is 288 g/mol. The summed E-state index contributed by atoms with van der Waals surface area (Å²) in [6.07, 6.45) is 4.05. The molecule has 0 spiro atoms. The van der Waals surface area contributed by atoms with Crippen LogP contribution in [0.4, 0.5) is 0 Å². The van der Waals surface area contributed by atoms with Gasteiger partial charge in [0.2, 0.25) is 5.91 Å². The van der Waals surface area contributed by atoms with Gasteiger partial charge in [-0.15, -0.1) is 0 Å². The van der Waals surface area contributed by atoms with E-state index < -0.39 is 0 Å². The summed E-state index contributed by atoms with van der Waals surface area (Å²) in [5, 5.41) is 3.33. The van der Waals surface area contributed by atoms with Crippen molar-refractivity contribution in [3.05, 3.63) is 29.8 Å². The highest BCUT2D eigenvalue weighted by Crippen LogP contribution is 2.38. The maximum atomic E-state index is 12.8. The Kier molecular flexibility index (Phi) is 4.44. The molecule has 114 valence electrons. The lowest BCUT2D eigenvalue weighted by Crippen LogP contribution is -2.40. The number of ether oxygens (including phenoxy) is 1. The number of methoxy groups -OCH3 is 1. The summed E-state index contributed by atoms with van der Waals surface area (Å²) in [4.78, 5) is 14.9. The number of amides is 1. The fraction of sp³-hybridized carbons (Fsp3) is 0.588. The van der Waals surface area contributed by atoms with Gasteiger partial charge in [0.15, 0.2) is 0 Å². The quantitative estimate of drug-likeness (QED) is 0.928. The van der Waals surface area contributed by atoms with E-state index in [1.807, 2.05) is 18.2 Å². The molecule has 2 fully saturated rings. The minimum absolute atomic E-state index is 0.184. The van der Waals surface area contributed by atoms with Gasteiger partial charge in [-0.1, -0.05) is 18.2 Å². The summed E-state index contributed by atoms with van der Waals surface area (Å²) >= 11 is 0. The third-order valence-corrected chi connectivity index (χ3v) is 4.72. The monoisotopic (exact) mass is 288 g/mol. The molecule has 0 aromatic heterocycles. The van der Waals surface area contributed by atoms with Crippen LogP contribution < -0.4 is 10.1 Å². The van der Waals surface area contributed by atoms with Gasteiger partial charge >= 0.3 is 0 Å². The molecular weight excluding hydrogens is 264 g/mol. The van der Waals surface area contributed by atoms with Gasteiger partial charge in [0, 0.05) is 18.0 Å². The van der Waals surface area contributed by atoms with Crippen LogP contribution in [-0.2, 0) is 4.79 Å². The molecule has 1 amide bonds. The van der Waals surface area contributed by atoms with Crippen molar-refractivity contribution < 1.29 is 9.53 Å². The molecule has 0 radical (unpaired) electrons. The Morgan fingerprint density at radius 1 is 1.24 bits per heavy atom. The Labute approximate surface area is 126 Å². The number of nitrogens with one attached hydrogen (secondary N) is 1. The van der Waals surface area contributed by atoms with Crippen LogP contribution in [0.15, 0.2) is 24.3 Å². The number of likely N-dealkylation sites (tertiary alicyclic amines) is 1. The molecule has 0 bridgehead atoms. The Morgan fingerprint density at radius 2 is 2.00 bits per heavy atom. The number of hydrogen-bond acceptors (Lipinski definition) is 3. The number of benzene rings is 1. The third kappa shape index (κ3) is 2.91. The lowest BCUT2D eigenvalue weighted by Gasteiger charge is -2.31. The standard InChI is InChI=1S/C17H24N2O2/c1-21-16-7-3-2-5-14(16)15-6-4-12-19(15)17(20)13-8-10-18-11-9-13/h2-3,5,7,13,15,18H,4,6,8-12H2,1H3/t15-/m1/s1. The van der Waals surface area contributed by atoms with E-state index in [4.69, 9.17) is 4.74 Å². The molecule has 0 unspecified atom stereocenters. The molecule has 0 saturated carbocycles. The van der Waals surface area contributed by atoms with Gasteiger partial charge in [0.05, 0.1) is 13.2 Å². The Bertz CT molecular complexity index is 497. The number of nitrogens with zero attached hydrogens (tertiary/aromatic N) is 1. The molecule has 4 heteroatoms. The fourth-order valence-corrected chi connectivity index (χ4v) is 3.60. The molecule has 2 aliphatic heterocycles. The largest absolute Gasteiger partial charge is 0.496 e. The van der Waals surface area contributed by atoms with Crippen LogP contribution >= 0.6 is 0 Å². The zero-order valence-electron chi connectivity index (χ0n) is 12.7. The van der Waals surface area contributed by atoms with Crippen molar-refractivity contribution in [3.8, 4) is 5.75 Å². The van der Waals surface area contributed by atoms with Gasteiger partial charge < -0.3 is 15.0 Å². The normalized spacial score (nSPS) is 23.3. The molecule has 2 saturated heterocycles. The molecule has 4 nitrogen and oxygen atoms in total. The van der Waals surface area contributed by atoms with Crippen molar-refractivity contribution in [2.45, 2.75) is 31.7 Å². The van der Waals surface area contributed by atoms with E-state index in [2.05, 4.69) is 16.3 Å². The number of piperidine rings is 1. The van der Waals surface area contributed by atoms with Crippen LogP contribution in [0.3, 0.4) is 0 Å². The molecule has 3 rings (SSSR count). The van der Waals surface area contributed by atoms with E-state index >= 15 is 0 Å². The molecule has 21 heavy (non-hydrogen) atoms. The Morgan fingerprint density at radius 3 is 2.76 bits per heavy atom. The number of rotatable bonds is 3. The van der Waals surface area contributed by atoms with E-state index in [-0.39, 0.29) is 12.0 Å². The Hall–Kier alpha value is -1.55. The molecule has 1 N–H and O–H groups in total. The second-order valence-corrected chi connectivity index (χ2v) is 5.96. The summed E-state index contributed by atoms with van der Waals surface area (Å²) in [7, 11) is 1.70. The lowest BCUT2D eigenvalue weighted by atomic mass is 9.95. The van der Waals surface area contributed by atoms with Gasteiger partial charge in [-0.25, -0.2) is 0 Å². The summed E-state index contributed by atoms with van der Waals surface area (Å²) in [5.41, 5.74) is 1.15. The summed E-state index contributed by atoms with van der Waals surface area (Å²) in [5.74, 6) is 1.43. The minimum Gasteiger partial charge on any atom is -0.496 e. The highest BCUT2D eigenvalue weighted by molar-refractivity contribution is 5.80. The van der Waals surface area contributed by atoms with Crippen LogP contribution in [-0.4, -0.2) is 37.6 Å². The number of carbonyl (C=O) groups is 1. The first-order valence-electron chi connectivity index (χ1n) is 7.95. The molecule has 2 heterocycles. The smallest absolute Gasteiger partial charge is 0.226 e. The predicted octanol–water partition coefficient (Wildman–Crippen LogP) is 2.36. The Balaban J connectivity index is 1.80. The predicted molar refractivity (Wildman–Crippen MR) is 82.3 cm³/mol. The van der Waals surface area contributed by atoms with Crippen molar-refractivity contribution in [3.63, 3.8) is 0 Å². The van der Waals surface area contributed by atoms with E-state index in [1.165, 1.54) is 0 Å². The van der Waals surface area contributed by atoms with Gasteiger partial charge in [0.25, 0.3) is 0 Å². The topological polar surface area (TPSA) is 41.6 Å². The van der Waals surface area contributed by atoms with Crippen LogP contribution in [0.2, 0.25) is 0 Å². The lowest BCUT2D eigenvalue weighted by molar-refractivity contribution is -0.137. The zero-order chi connectivity index (χ0) is 14.7. The minimum atomic E-state index is 0.184. The zero-order valence-corrected chi connectivity index (χ0v) is 12.7. The van der Waals surface area contributed by atoms with Crippen LogP contribution in [0.25, 0.3) is 0 Å². The SMILES string of the molecule is COc1ccccc1[C@H]1CCCN1C(=O)C1CCNCC1. The second kappa shape index (κ2) is 6.48. The van der Waals surface area contributed by atoms with Crippen molar-refractivity contribution in [2.75, 3.05) is 26.7 Å². The van der Waals surface area contributed by atoms with E-state index in [9.17, 15) is 4.79 Å². The van der Waals surface area contributed by atoms with E-state index in [0.29, 0.717) is 5.91 Å². The average Bonchev–Trinajstić information content (AvgIpc) is 3.04. The van der Waals surface area contributed by atoms with Crippen molar-refractivity contribution in [2.24, 2.45) is 5.92 Å². The summed E-state index contributed by atoms with van der Waals surface area (Å²) in [6, 6.07) is 8.28. The molecular formula is C17H24N2O2. The summed E-state index contributed by atoms with van der Waals surface area (Å²) < 4.78 is 5.48. The maximum absolute atomic E-state index is 12.8. The van der Waals surface area contributed by atoms with E-state index in [0.717, 1.165) is 56.6 Å². The highest BCUT2D eigenvalue weighted by Gasteiger charge is 2.35. The third-order valence-electron chi connectivity index (χ3n) is 4.72. The summed E-state index contributed by atoms with van der Waals surface area (Å²) in [6.45, 7) is 2.80. The van der Waals surface area contributed by atoms with E-state index in [1.54, 1.807) is 7.11 Å². The van der Waals surface area contributed by atoms with Gasteiger partial charge in [-0.05, 0) is 44.8 Å². The van der Waals surface area contributed by atoms with Crippen LogP contribution in [0.1, 0.15) is 37.3 Å².